The summed E-state index contributed by atoms with van der Waals surface area (Å²) in [6, 6.07) is 14.5. The molecule has 2 fully saturated rings. The summed E-state index contributed by atoms with van der Waals surface area (Å²) in [5.41, 5.74) is 2.16. The molecule has 1 N–H and O–H groups in total. The first-order chi connectivity index (χ1) is 14.1. The van der Waals surface area contributed by atoms with E-state index < -0.39 is 5.92 Å². The van der Waals surface area contributed by atoms with E-state index in [-0.39, 0.29) is 24.1 Å². The highest BCUT2D eigenvalue weighted by molar-refractivity contribution is 6.04. The molecule has 7 heteroatoms. The Morgan fingerprint density at radius 3 is 2.48 bits per heavy atom. The van der Waals surface area contributed by atoms with E-state index in [9.17, 15) is 14.4 Å². The first-order valence-corrected chi connectivity index (χ1v) is 9.71. The molecule has 0 aromatic heterocycles. The Hall–Kier alpha value is -3.35. The fraction of sp³-hybridized carbons (Fsp3) is 0.318. The Balaban J connectivity index is 1.41. The van der Waals surface area contributed by atoms with Crippen LogP contribution in [0.2, 0.25) is 0 Å². The number of amides is 3. The Morgan fingerprint density at radius 2 is 1.79 bits per heavy atom. The minimum absolute atomic E-state index is 0.0995. The largest absolute Gasteiger partial charge is 0.495 e. The number of ether oxygens (including phenoxy) is 1. The van der Waals surface area contributed by atoms with Gasteiger partial charge in [-0.15, -0.1) is 0 Å². The van der Waals surface area contributed by atoms with Gasteiger partial charge in [-0.2, -0.15) is 0 Å². The second-order valence-corrected chi connectivity index (χ2v) is 7.26. The Bertz CT molecular complexity index is 941. The Labute approximate surface area is 169 Å². The fourth-order valence-corrected chi connectivity index (χ4v) is 3.86. The van der Waals surface area contributed by atoms with Crippen molar-refractivity contribution in [3.8, 4) is 5.75 Å². The molecule has 0 bridgehead atoms. The molecule has 3 amide bonds. The monoisotopic (exact) mass is 393 g/mol. The van der Waals surface area contributed by atoms with Crippen molar-refractivity contribution in [1.29, 1.82) is 0 Å². The lowest BCUT2D eigenvalue weighted by molar-refractivity contribution is -0.122. The molecular weight excluding hydrogens is 370 g/mol. The molecule has 0 saturated carbocycles. The quantitative estimate of drug-likeness (QED) is 0.847. The smallest absolute Gasteiger partial charge is 0.229 e. The topological polar surface area (TPSA) is 79.0 Å². The maximum atomic E-state index is 12.7. The summed E-state index contributed by atoms with van der Waals surface area (Å²) >= 11 is 0. The van der Waals surface area contributed by atoms with Gasteiger partial charge in [0.15, 0.2) is 0 Å². The van der Waals surface area contributed by atoms with Crippen molar-refractivity contribution in [1.82, 2.24) is 0 Å². The summed E-state index contributed by atoms with van der Waals surface area (Å²) < 4.78 is 5.34. The van der Waals surface area contributed by atoms with E-state index in [2.05, 4.69) is 5.32 Å². The molecule has 150 valence electrons. The number of hydrogen-bond acceptors (Lipinski definition) is 4. The summed E-state index contributed by atoms with van der Waals surface area (Å²) in [6.45, 7) is 1.04. The van der Waals surface area contributed by atoms with Crippen LogP contribution in [0.3, 0.4) is 0 Å². The van der Waals surface area contributed by atoms with Crippen molar-refractivity contribution in [2.75, 3.05) is 35.3 Å². The maximum Gasteiger partial charge on any atom is 0.229 e. The van der Waals surface area contributed by atoms with Crippen LogP contribution in [0.1, 0.15) is 19.3 Å². The minimum atomic E-state index is -0.438. The van der Waals surface area contributed by atoms with Gasteiger partial charge in [-0.05, 0) is 42.8 Å². The van der Waals surface area contributed by atoms with Gasteiger partial charge < -0.3 is 19.9 Å². The van der Waals surface area contributed by atoms with Gasteiger partial charge in [-0.25, -0.2) is 0 Å². The van der Waals surface area contributed by atoms with Crippen molar-refractivity contribution in [3.63, 3.8) is 0 Å². The zero-order valence-electron chi connectivity index (χ0n) is 16.3. The number of hydrogen-bond donors (Lipinski definition) is 1. The number of methoxy groups -OCH3 is 1. The molecule has 2 heterocycles. The molecule has 0 spiro atoms. The first-order valence-electron chi connectivity index (χ1n) is 9.71. The number of carbonyl (C=O) groups excluding carboxylic acids is 3. The average molecular weight is 393 g/mol. The minimum Gasteiger partial charge on any atom is -0.495 e. The zero-order chi connectivity index (χ0) is 20.4. The van der Waals surface area contributed by atoms with Gasteiger partial charge in [0.1, 0.15) is 5.75 Å². The van der Waals surface area contributed by atoms with Gasteiger partial charge in [0.25, 0.3) is 0 Å². The van der Waals surface area contributed by atoms with Crippen LogP contribution in [0.25, 0.3) is 0 Å². The number of rotatable bonds is 5. The number of anilines is 3. The van der Waals surface area contributed by atoms with Crippen molar-refractivity contribution in [2.24, 2.45) is 5.92 Å². The number of carbonyl (C=O) groups is 3. The lowest BCUT2D eigenvalue weighted by Gasteiger charge is -2.19. The lowest BCUT2D eigenvalue weighted by atomic mass is 10.1. The van der Waals surface area contributed by atoms with Crippen molar-refractivity contribution in [2.45, 2.75) is 19.3 Å². The van der Waals surface area contributed by atoms with E-state index >= 15 is 0 Å². The highest BCUT2D eigenvalue weighted by Gasteiger charge is 2.36. The van der Waals surface area contributed by atoms with Gasteiger partial charge in [-0.1, -0.05) is 12.1 Å². The lowest BCUT2D eigenvalue weighted by Crippen LogP contribution is -2.28. The van der Waals surface area contributed by atoms with Crippen LogP contribution >= 0.6 is 0 Å². The number of para-hydroxylation sites is 2. The first kappa shape index (κ1) is 19.0. The molecule has 2 aromatic carbocycles. The van der Waals surface area contributed by atoms with Crippen LogP contribution in [0, 0.1) is 5.92 Å². The molecule has 0 aliphatic carbocycles. The zero-order valence-corrected chi connectivity index (χ0v) is 16.3. The van der Waals surface area contributed by atoms with Crippen LogP contribution in [-0.2, 0) is 14.4 Å². The molecule has 2 aromatic rings. The normalized spacial score (nSPS) is 19.0. The van der Waals surface area contributed by atoms with Gasteiger partial charge in [0, 0.05) is 37.3 Å². The molecule has 2 aliphatic heterocycles. The third-order valence-electron chi connectivity index (χ3n) is 5.39. The van der Waals surface area contributed by atoms with Gasteiger partial charge in [0.2, 0.25) is 17.7 Å². The van der Waals surface area contributed by atoms with Gasteiger partial charge in [0.05, 0.1) is 18.7 Å². The fourth-order valence-electron chi connectivity index (χ4n) is 3.86. The number of nitrogens with one attached hydrogen (secondary N) is 1. The van der Waals surface area contributed by atoms with E-state index in [1.807, 2.05) is 30.3 Å². The van der Waals surface area contributed by atoms with Crippen molar-refractivity contribution < 1.29 is 19.1 Å². The van der Waals surface area contributed by atoms with E-state index in [1.54, 1.807) is 35.1 Å². The van der Waals surface area contributed by atoms with Crippen LogP contribution in [0.5, 0.6) is 5.75 Å². The van der Waals surface area contributed by atoms with Crippen molar-refractivity contribution >= 4 is 34.8 Å². The Morgan fingerprint density at radius 1 is 1.03 bits per heavy atom. The highest BCUT2D eigenvalue weighted by Crippen LogP contribution is 2.33. The summed E-state index contributed by atoms with van der Waals surface area (Å²) in [6.07, 6.45) is 1.61. The predicted octanol–water partition coefficient (Wildman–Crippen LogP) is 2.81. The molecule has 0 unspecified atom stereocenters. The second-order valence-electron chi connectivity index (χ2n) is 7.26. The van der Waals surface area contributed by atoms with Gasteiger partial charge in [-0.3, -0.25) is 14.4 Å². The Kier molecular flexibility index (Phi) is 5.20. The van der Waals surface area contributed by atoms with Crippen molar-refractivity contribution in [3.05, 3.63) is 48.5 Å². The van der Waals surface area contributed by atoms with Crippen LogP contribution in [0.4, 0.5) is 17.1 Å². The standard InChI is InChI=1S/C22H23N3O4/c1-29-19-6-3-2-5-18(19)25-14-15(13-21(25)27)22(28)23-16-8-10-17(11-9-16)24-12-4-7-20(24)26/h2-3,5-6,8-11,15H,4,7,12-14H2,1H3,(H,23,28)/t15-/m1/s1. The second kappa shape index (κ2) is 7.95. The molecular formula is C22H23N3O4. The predicted molar refractivity (Wildman–Crippen MR) is 110 cm³/mol. The summed E-state index contributed by atoms with van der Waals surface area (Å²) in [7, 11) is 1.56. The molecule has 4 rings (SSSR count). The molecule has 2 aliphatic rings. The summed E-state index contributed by atoms with van der Waals surface area (Å²) in [5, 5.41) is 2.88. The van der Waals surface area contributed by atoms with E-state index in [4.69, 9.17) is 4.74 Å². The molecule has 29 heavy (non-hydrogen) atoms. The third-order valence-corrected chi connectivity index (χ3v) is 5.39. The van der Waals surface area contributed by atoms with Crippen LogP contribution < -0.4 is 19.9 Å². The molecule has 2 saturated heterocycles. The van der Waals surface area contributed by atoms with Gasteiger partial charge >= 0.3 is 0 Å². The van der Waals surface area contributed by atoms with Crippen LogP contribution in [0.15, 0.2) is 48.5 Å². The molecule has 7 nitrogen and oxygen atoms in total. The third kappa shape index (κ3) is 3.81. The average Bonchev–Trinajstić information content (AvgIpc) is 3.34. The maximum absolute atomic E-state index is 12.7. The molecule has 0 radical (unpaired) electrons. The van der Waals surface area contributed by atoms with E-state index in [1.165, 1.54) is 0 Å². The summed E-state index contributed by atoms with van der Waals surface area (Å²) in [4.78, 5) is 40.4. The highest BCUT2D eigenvalue weighted by atomic mass is 16.5. The van der Waals surface area contributed by atoms with Crippen LogP contribution in [-0.4, -0.2) is 37.9 Å². The molecule has 1 atom stereocenters. The SMILES string of the molecule is COc1ccccc1N1C[C@H](C(=O)Nc2ccc(N3CCCC3=O)cc2)CC1=O. The number of benzene rings is 2. The van der Waals surface area contributed by atoms with E-state index in [0.29, 0.717) is 30.1 Å². The van der Waals surface area contributed by atoms with E-state index in [0.717, 1.165) is 18.7 Å². The number of nitrogens with zero attached hydrogens (tertiary/aromatic N) is 2. The summed E-state index contributed by atoms with van der Waals surface area (Å²) in [5.74, 6) is 0.00202.